The molecule has 186 valence electrons. The van der Waals surface area contributed by atoms with Crippen LogP contribution < -0.4 is 4.72 Å². The maximum absolute atomic E-state index is 14.4. The monoisotopic (exact) mass is 521 g/mol. The number of rotatable bonds is 5. The summed E-state index contributed by atoms with van der Waals surface area (Å²) < 4.78 is 94.6. The summed E-state index contributed by atoms with van der Waals surface area (Å²) in [5.41, 5.74) is 0.961. The van der Waals surface area contributed by atoms with E-state index in [1.165, 1.54) is 40.6 Å². The van der Waals surface area contributed by atoms with Crippen LogP contribution in [0.2, 0.25) is 0 Å². The molecule has 13 heteroatoms. The van der Waals surface area contributed by atoms with Gasteiger partial charge in [0.05, 0.1) is 28.2 Å². The Morgan fingerprint density at radius 3 is 2.42 bits per heavy atom. The van der Waals surface area contributed by atoms with Crippen LogP contribution in [0.25, 0.3) is 28.0 Å². The minimum Gasteiger partial charge on any atom is -0.306 e. The van der Waals surface area contributed by atoms with Gasteiger partial charge >= 0.3 is 6.18 Å². The predicted molar refractivity (Wildman–Crippen MR) is 120 cm³/mol. The average molecular weight is 521 g/mol. The summed E-state index contributed by atoms with van der Waals surface area (Å²) in [5.74, 6) is -1.40. The number of alkyl halides is 3. The Bertz CT molecular complexity index is 1620. The molecule has 3 heterocycles. The Kier molecular flexibility index (Phi) is 6.27. The van der Waals surface area contributed by atoms with Crippen molar-refractivity contribution in [2.75, 3.05) is 0 Å². The van der Waals surface area contributed by atoms with Gasteiger partial charge in [0.2, 0.25) is 16.0 Å². The van der Waals surface area contributed by atoms with E-state index in [4.69, 9.17) is 0 Å². The smallest absolute Gasteiger partial charge is 0.306 e. The van der Waals surface area contributed by atoms with Crippen molar-refractivity contribution in [1.29, 1.82) is 5.26 Å². The van der Waals surface area contributed by atoms with Gasteiger partial charge in [-0.15, -0.1) is 0 Å². The van der Waals surface area contributed by atoms with Crippen LogP contribution in [0.3, 0.4) is 0 Å². The predicted octanol–water partition coefficient (Wildman–Crippen LogP) is 4.77. The second-order valence-corrected chi connectivity index (χ2v) is 9.60. The summed E-state index contributed by atoms with van der Waals surface area (Å²) in [6.07, 6.45) is -2.77. The molecule has 0 spiro atoms. The van der Waals surface area contributed by atoms with E-state index in [-0.39, 0.29) is 33.6 Å². The van der Waals surface area contributed by atoms with E-state index >= 15 is 0 Å². The fourth-order valence-corrected chi connectivity index (χ4v) is 4.79. The first kappa shape index (κ1) is 25.2. The van der Waals surface area contributed by atoms with Gasteiger partial charge in [-0.1, -0.05) is 0 Å². The molecule has 0 amide bonds. The number of aromatic nitrogens is 3. The molecular weight excluding hydrogens is 505 g/mol. The molecule has 4 aromatic rings. The van der Waals surface area contributed by atoms with E-state index in [0.29, 0.717) is 12.4 Å². The number of nitriles is 1. The standard InChI is InChI=1S/C23H16F5N5O2S/c1-12-7-20-16(9-18(12)24)17(10-29)22(33(20)14-5-6-30-21(25)8-14)19-4-3-15(11-31-19)36(34,35)32-13(2)23(26,27)28/h3-9,11,13,32H,1-2H3/t13-/m0/s1. The van der Waals surface area contributed by atoms with Crippen LogP contribution in [0.4, 0.5) is 22.0 Å². The van der Waals surface area contributed by atoms with Gasteiger partial charge in [-0.2, -0.15) is 27.5 Å². The van der Waals surface area contributed by atoms with Gasteiger partial charge in [-0.05, 0) is 49.7 Å². The number of hydrogen-bond acceptors (Lipinski definition) is 5. The van der Waals surface area contributed by atoms with Crippen LogP contribution in [0.5, 0.6) is 0 Å². The van der Waals surface area contributed by atoms with Crippen molar-refractivity contribution in [2.24, 2.45) is 0 Å². The Morgan fingerprint density at radius 1 is 1.11 bits per heavy atom. The van der Waals surface area contributed by atoms with Crippen molar-refractivity contribution in [3.63, 3.8) is 0 Å². The summed E-state index contributed by atoms with van der Waals surface area (Å²) in [4.78, 5) is 7.04. The number of benzene rings is 1. The first-order chi connectivity index (χ1) is 16.8. The number of nitrogens with one attached hydrogen (secondary N) is 1. The molecule has 0 fully saturated rings. The normalized spacial score (nSPS) is 13.1. The highest BCUT2D eigenvalue weighted by atomic mass is 32.2. The van der Waals surface area contributed by atoms with Crippen LogP contribution in [0.1, 0.15) is 18.1 Å². The third-order valence-corrected chi connectivity index (χ3v) is 6.97. The van der Waals surface area contributed by atoms with Gasteiger partial charge in [-0.3, -0.25) is 4.98 Å². The van der Waals surface area contributed by atoms with Crippen LogP contribution in [0.15, 0.2) is 53.7 Å². The van der Waals surface area contributed by atoms with Crippen molar-refractivity contribution in [2.45, 2.75) is 31.0 Å². The summed E-state index contributed by atoms with van der Waals surface area (Å²) in [7, 11) is -4.57. The third-order valence-electron chi connectivity index (χ3n) is 5.44. The highest BCUT2D eigenvalue weighted by Gasteiger charge is 2.39. The number of hydrogen-bond donors (Lipinski definition) is 1. The highest BCUT2D eigenvalue weighted by Crippen LogP contribution is 2.36. The summed E-state index contributed by atoms with van der Waals surface area (Å²) >= 11 is 0. The number of aryl methyl sites for hydroxylation is 1. The third kappa shape index (κ3) is 4.52. The number of sulfonamides is 1. The quantitative estimate of drug-likeness (QED) is 0.301. The molecule has 1 aromatic carbocycles. The minimum absolute atomic E-state index is 0.0203. The number of halogens is 5. The van der Waals surface area contributed by atoms with Crippen molar-refractivity contribution >= 4 is 20.9 Å². The van der Waals surface area contributed by atoms with E-state index in [2.05, 4.69) is 9.97 Å². The number of pyridine rings is 2. The zero-order chi connectivity index (χ0) is 26.4. The van der Waals surface area contributed by atoms with Gasteiger partial charge < -0.3 is 4.57 Å². The number of nitrogens with zero attached hydrogens (tertiary/aromatic N) is 4. The molecular formula is C23H16F5N5O2S. The molecule has 36 heavy (non-hydrogen) atoms. The molecule has 0 saturated heterocycles. The Morgan fingerprint density at radius 2 is 1.83 bits per heavy atom. The lowest BCUT2D eigenvalue weighted by Gasteiger charge is -2.17. The summed E-state index contributed by atoms with van der Waals surface area (Å²) in [6.45, 7) is 2.17. The molecule has 0 aliphatic heterocycles. The SMILES string of the molecule is Cc1cc2c(cc1F)c(C#N)c(-c1ccc(S(=O)(=O)N[C@@H](C)C(F)(F)F)cn1)n2-c1ccnc(F)c1. The Labute approximate surface area is 201 Å². The zero-order valence-electron chi connectivity index (χ0n) is 18.6. The topological polar surface area (TPSA) is 101 Å². The second-order valence-electron chi connectivity index (χ2n) is 7.89. The lowest BCUT2D eigenvalue weighted by Crippen LogP contribution is -2.42. The fraction of sp³-hybridized carbons (Fsp3) is 0.174. The molecule has 0 aliphatic carbocycles. The van der Waals surface area contributed by atoms with Gasteiger partial charge in [-0.25, -0.2) is 17.8 Å². The molecule has 1 atom stereocenters. The molecule has 7 nitrogen and oxygen atoms in total. The first-order valence-electron chi connectivity index (χ1n) is 10.3. The van der Waals surface area contributed by atoms with Crippen molar-refractivity contribution in [3.8, 4) is 23.1 Å². The van der Waals surface area contributed by atoms with Crippen LogP contribution in [-0.4, -0.2) is 35.2 Å². The molecule has 0 radical (unpaired) electrons. The maximum atomic E-state index is 14.4. The van der Waals surface area contributed by atoms with E-state index in [9.17, 15) is 35.6 Å². The fourth-order valence-electron chi connectivity index (χ4n) is 3.61. The van der Waals surface area contributed by atoms with Gasteiger partial charge in [0.15, 0.2) is 0 Å². The lowest BCUT2D eigenvalue weighted by atomic mass is 10.1. The van der Waals surface area contributed by atoms with E-state index < -0.39 is 38.9 Å². The molecule has 4 rings (SSSR count). The number of fused-ring (bicyclic) bond motifs is 1. The Balaban J connectivity index is 1.92. The maximum Gasteiger partial charge on any atom is 0.404 e. The van der Waals surface area contributed by atoms with Crippen molar-refractivity contribution in [3.05, 3.63) is 71.7 Å². The average Bonchev–Trinajstić information content (AvgIpc) is 3.11. The van der Waals surface area contributed by atoms with Crippen molar-refractivity contribution < 1.29 is 30.4 Å². The van der Waals surface area contributed by atoms with E-state index in [1.54, 1.807) is 0 Å². The molecule has 0 aliphatic rings. The van der Waals surface area contributed by atoms with Crippen LogP contribution >= 0.6 is 0 Å². The molecule has 0 bridgehead atoms. The molecule has 0 unspecified atom stereocenters. The van der Waals surface area contributed by atoms with Gasteiger partial charge in [0.25, 0.3) is 0 Å². The zero-order valence-corrected chi connectivity index (χ0v) is 19.4. The van der Waals surface area contributed by atoms with E-state index in [1.807, 2.05) is 6.07 Å². The molecule has 3 aromatic heterocycles. The van der Waals surface area contributed by atoms with Gasteiger partial charge in [0, 0.05) is 23.8 Å². The van der Waals surface area contributed by atoms with E-state index in [0.717, 1.165) is 24.4 Å². The van der Waals surface area contributed by atoms with Crippen molar-refractivity contribution in [1.82, 2.24) is 19.3 Å². The highest BCUT2D eigenvalue weighted by molar-refractivity contribution is 7.89. The Hall–Kier alpha value is -3.89. The van der Waals surface area contributed by atoms with Gasteiger partial charge in [0.1, 0.15) is 22.8 Å². The summed E-state index contributed by atoms with van der Waals surface area (Å²) in [6, 6.07) is 7.02. The largest absolute Gasteiger partial charge is 0.404 e. The second kappa shape index (κ2) is 8.96. The van der Waals surface area contributed by atoms with Crippen LogP contribution in [0, 0.1) is 30.0 Å². The minimum atomic E-state index is -4.80. The lowest BCUT2D eigenvalue weighted by molar-refractivity contribution is -0.147. The van der Waals surface area contributed by atoms with Crippen LogP contribution in [-0.2, 0) is 10.0 Å². The summed E-state index contributed by atoms with van der Waals surface area (Å²) in [5, 5.41) is 10.1. The molecule has 1 N–H and O–H groups in total. The molecule has 0 saturated carbocycles. The first-order valence-corrected chi connectivity index (χ1v) is 11.7.